The predicted molar refractivity (Wildman–Crippen MR) is 148 cm³/mol. The molecule has 0 fully saturated rings. The van der Waals surface area contributed by atoms with Gasteiger partial charge in [-0.25, -0.2) is 0 Å². The molecule has 192 valence electrons. The number of hydrogen-bond acceptors (Lipinski definition) is 5. The molecule has 5 nitrogen and oxygen atoms in total. The lowest BCUT2D eigenvalue weighted by Crippen LogP contribution is -2.35. The van der Waals surface area contributed by atoms with Crippen LogP contribution in [0.25, 0.3) is 11.1 Å². The number of benzene rings is 4. The topological polar surface area (TPSA) is 62.2 Å². The molecule has 0 radical (unpaired) electrons. The van der Waals surface area contributed by atoms with Crippen LogP contribution in [0.2, 0.25) is 0 Å². The van der Waals surface area contributed by atoms with E-state index in [1.54, 1.807) is 7.11 Å². The quantitative estimate of drug-likeness (QED) is 0.247. The Kier molecular flexibility index (Phi) is 9.72. The number of rotatable bonds is 13. The Morgan fingerprint density at radius 1 is 0.730 bits per heavy atom. The van der Waals surface area contributed by atoms with Crippen LogP contribution in [0.4, 0.5) is 0 Å². The first-order valence-electron chi connectivity index (χ1n) is 12.7. The van der Waals surface area contributed by atoms with Gasteiger partial charge in [-0.05, 0) is 40.5 Å². The molecule has 0 bridgehead atoms. The van der Waals surface area contributed by atoms with Crippen LogP contribution in [0.15, 0.2) is 109 Å². The number of methoxy groups -OCH3 is 1. The molecule has 0 spiro atoms. The lowest BCUT2D eigenvalue weighted by Gasteiger charge is -2.26. The fourth-order valence-electron chi connectivity index (χ4n) is 4.42. The van der Waals surface area contributed by atoms with Crippen molar-refractivity contribution >= 4 is 0 Å². The van der Waals surface area contributed by atoms with Crippen LogP contribution in [0.1, 0.15) is 23.7 Å². The first kappa shape index (κ1) is 26.4. The van der Waals surface area contributed by atoms with E-state index in [2.05, 4.69) is 29.2 Å². The van der Waals surface area contributed by atoms with Crippen LogP contribution in [0.3, 0.4) is 0 Å². The average molecular weight is 498 g/mol. The number of ether oxygens (including phenoxy) is 2. The lowest BCUT2D eigenvalue weighted by molar-refractivity contribution is 0.0479. The molecular formula is C32H35NO4. The molecule has 0 saturated heterocycles. The Hall–Kier alpha value is -3.64. The normalized spacial score (nSPS) is 12.8. The molecular weight excluding hydrogens is 462 g/mol. The van der Waals surface area contributed by atoms with Gasteiger partial charge in [0, 0.05) is 26.1 Å². The maximum absolute atomic E-state index is 11.0. The van der Waals surface area contributed by atoms with Gasteiger partial charge in [0.2, 0.25) is 0 Å². The van der Waals surface area contributed by atoms with Crippen molar-refractivity contribution in [2.45, 2.75) is 25.2 Å². The molecule has 0 aromatic heterocycles. The smallest absolute Gasteiger partial charge is 0.161 e. The molecule has 0 amide bonds. The van der Waals surface area contributed by atoms with Crippen molar-refractivity contribution in [3.05, 3.63) is 120 Å². The fraction of sp³-hybridized carbons (Fsp3) is 0.250. The summed E-state index contributed by atoms with van der Waals surface area (Å²) in [5.41, 5.74) is 4.10. The number of aliphatic hydroxyl groups is 2. The van der Waals surface area contributed by atoms with Crippen molar-refractivity contribution in [1.82, 2.24) is 4.90 Å². The third kappa shape index (κ3) is 7.92. The molecule has 5 heteroatoms. The number of aliphatic hydroxyl groups excluding tert-OH is 2. The first-order chi connectivity index (χ1) is 18.1. The van der Waals surface area contributed by atoms with Crippen LogP contribution in [0.5, 0.6) is 11.5 Å². The van der Waals surface area contributed by atoms with E-state index in [1.807, 2.05) is 84.9 Å². The highest BCUT2D eigenvalue weighted by molar-refractivity contribution is 5.64. The molecule has 37 heavy (non-hydrogen) atoms. The van der Waals surface area contributed by atoms with Crippen molar-refractivity contribution in [1.29, 1.82) is 0 Å². The van der Waals surface area contributed by atoms with Crippen molar-refractivity contribution in [3.63, 3.8) is 0 Å². The molecule has 4 rings (SSSR count). The zero-order valence-corrected chi connectivity index (χ0v) is 21.2. The summed E-state index contributed by atoms with van der Waals surface area (Å²) in [6.07, 6.45) is -1.22. The zero-order valence-electron chi connectivity index (χ0n) is 21.2. The molecule has 4 aromatic rings. The van der Waals surface area contributed by atoms with E-state index in [4.69, 9.17) is 9.47 Å². The molecule has 0 aliphatic heterocycles. The molecule has 2 N–H and O–H groups in total. The third-order valence-corrected chi connectivity index (χ3v) is 6.33. The van der Waals surface area contributed by atoms with Gasteiger partial charge >= 0.3 is 0 Å². The van der Waals surface area contributed by atoms with E-state index in [0.29, 0.717) is 37.7 Å². The Labute approximate surface area is 219 Å². The van der Waals surface area contributed by atoms with E-state index in [-0.39, 0.29) is 6.42 Å². The molecule has 4 aromatic carbocycles. The molecule has 2 unspecified atom stereocenters. The third-order valence-electron chi connectivity index (χ3n) is 6.33. The highest BCUT2D eigenvalue weighted by atomic mass is 16.5. The van der Waals surface area contributed by atoms with Crippen molar-refractivity contribution < 1.29 is 19.7 Å². The Bertz CT molecular complexity index is 1220. The van der Waals surface area contributed by atoms with Gasteiger partial charge in [0.1, 0.15) is 6.61 Å². The second kappa shape index (κ2) is 13.6. The van der Waals surface area contributed by atoms with Gasteiger partial charge in [0.05, 0.1) is 19.3 Å². The summed E-state index contributed by atoms with van der Waals surface area (Å²) in [4.78, 5) is 2.16. The largest absolute Gasteiger partial charge is 0.493 e. The van der Waals surface area contributed by atoms with Gasteiger partial charge < -0.3 is 19.7 Å². The standard InChI is InChI=1S/C32H35NO4/c1-36-31-17-8-9-18-32(31)37-20-19-33(23-25-11-4-2-5-12-25)24-29(34)22-30(35)28-16-10-15-27(21-28)26-13-6-3-7-14-26/h2-18,21,29-30,34-35H,19-20,22-24H2,1H3. The number of nitrogens with zero attached hydrogens (tertiary/aromatic N) is 1. The van der Waals surface area contributed by atoms with Gasteiger partial charge in [0.25, 0.3) is 0 Å². The molecule has 0 heterocycles. The van der Waals surface area contributed by atoms with E-state index in [0.717, 1.165) is 22.3 Å². The summed E-state index contributed by atoms with van der Waals surface area (Å²) in [6.45, 7) is 2.15. The van der Waals surface area contributed by atoms with Crippen LogP contribution in [-0.4, -0.2) is 48.0 Å². The highest BCUT2D eigenvalue weighted by Crippen LogP contribution is 2.27. The van der Waals surface area contributed by atoms with Crippen LogP contribution < -0.4 is 9.47 Å². The summed E-state index contributed by atoms with van der Waals surface area (Å²) in [5, 5.41) is 21.9. The van der Waals surface area contributed by atoms with E-state index in [1.165, 1.54) is 0 Å². The second-order valence-electron chi connectivity index (χ2n) is 9.12. The van der Waals surface area contributed by atoms with E-state index < -0.39 is 12.2 Å². The van der Waals surface area contributed by atoms with Crippen LogP contribution >= 0.6 is 0 Å². The minimum Gasteiger partial charge on any atom is -0.493 e. The Morgan fingerprint density at radius 2 is 1.38 bits per heavy atom. The predicted octanol–water partition coefficient (Wildman–Crippen LogP) is 5.73. The van der Waals surface area contributed by atoms with Gasteiger partial charge in [-0.1, -0.05) is 91.0 Å². The number of hydrogen-bond donors (Lipinski definition) is 2. The summed E-state index contributed by atoms with van der Waals surface area (Å²) in [7, 11) is 1.63. The van der Waals surface area contributed by atoms with Crippen molar-refractivity contribution in [2.24, 2.45) is 0 Å². The van der Waals surface area contributed by atoms with Crippen LogP contribution in [0, 0.1) is 0 Å². The Balaban J connectivity index is 1.38. The average Bonchev–Trinajstić information content (AvgIpc) is 2.94. The van der Waals surface area contributed by atoms with Gasteiger partial charge in [0.15, 0.2) is 11.5 Å². The minimum absolute atomic E-state index is 0.247. The number of para-hydroxylation sites is 2. The van der Waals surface area contributed by atoms with Crippen molar-refractivity contribution in [2.75, 3.05) is 26.8 Å². The van der Waals surface area contributed by atoms with E-state index in [9.17, 15) is 10.2 Å². The molecule has 2 atom stereocenters. The SMILES string of the molecule is COc1ccccc1OCCN(Cc1ccccc1)CC(O)CC(O)c1cccc(-c2ccccc2)c1. The summed E-state index contributed by atoms with van der Waals surface area (Å²) < 4.78 is 11.4. The monoisotopic (exact) mass is 497 g/mol. The highest BCUT2D eigenvalue weighted by Gasteiger charge is 2.18. The van der Waals surface area contributed by atoms with Crippen LogP contribution in [-0.2, 0) is 6.54 Å². The van der Waals surface area contributed by atoms with Gasteiger partial charge in [-0.2, -0.15) is 0 Å². The summed E-state index contributed by atoms with van der Waals surface area (Å²) >= 11 is 0. The lowest BCUT2D eigenvalue weighted by atomic mass is 9.98. The molecule has 0 aliphatic carbocycles. The fourth-order valence-corrected chi connectivity index (χ4v) is 4.42. The van der Waals surface area contributed by atoms with Gasteiger partial charge in [-0.3, -0.25) is 4.90 Å². The van der Waals surface area contributed by atoms with Crippen molar-refractivity contribution in [3.8, 4) is 22.6 Å². The zero-order chi connectivity index (χ0) is 25.9. The first-order valence-corrected chi connectivity index (χ1v) is 12.7. The minimum atomic E-state index is -0.762. The maximum Gasteiger partial charge on any atom is 0.161 e. The maximum atomic E-state index is 11.0. The Morgan fingerprint density at radius 3 is 2.11 bits per heavy atom. The van der Waals surface area contributed by atoms with Gasteiger partial charge in [-0.15, -0.1) is 0 Å². The summed E-state index contributed by atoms with van der Waals surface area (Å²) in [6, 6.07) is 35.7. The van der Waals surface area contributed by atoms with E-state index >= 15 is 0 Å². The molecule has 0 saturated carbocycles. The molecule has 0 aliphatic rings. The second-order valence-corrected chi connectivity index (χ2v) is 9.12. The summed E-state index contributed by atoms with van der Waals surface area (Å²) in [5.74, 6) is 1.39.